The molecule has 0 fully saturated rings. The Kier molecular flexibility index (Phi) is 3.57. The molecule has 3 aromatic rings. The van der Waals surface area contributed by atoms with Gasteiger partial charge in [0, 0.05) is 0 Å². The monoisotopic (exact) mass is 478 g/mol. The van der Waals surface area contributed by atoms with E-state index in [2.05, 4.69) is 0 Å². The zero-order chi connectivity index (χ0) is 14.3. The zero-order valence-corrected chi connectivity index (χ0v) is 14.8. The van der Waals surface area contributed by atoms with Crippen LogP contribution in [-0.4, -0.2) is 31.1 Å². The van der Waals surface area contributed by atoms with E-state index in [0.717, 1.165) is 20.3 Å². The van der Waals surface area contributed by atoms with E-state index >= 15 is 0 Å². The minimum absolute atomic E-state index is 0.0152. The predicted octanol–water partition coefficient (Wildman–Crippen LogP) is 2.96. The maximum atomic E-state index is 12.5. The molecule has 3 nitrogen and oxygen atoms in total. The molecule has 98 valence electrons. The van der Waals surface area contributed by atoms with Crippen LogP contribution in [0.5, 0.6) is 0 Å². The summed E-state index contributed by atoms with van der Waals surface area (Å²) in [6.07, 6.45) is 0. The Morgan fingerprint density at radius 2 is 1.90 bits per heavy atom. The number of fused-ring (bicyclic) bond motifs is 2. The number of carbonyl (C=O) groups excluding carboxylic acids is 1. The van der Waals surface area contributed by atoms with Crippen LogP contribution in [0.15, 0.2) is 41.2 Å². The van der Waals surface area contributed by atoms with Crippen molar-refractivity contribution in [2.45, 2.75) is 6.92 Å². The summed E-state index contributed by atoms with van der Waals surface area (Å²) in [5.74, 6) is -0.344. The first-order valence-electron chi connectivity index (χ1n) is 5.93. The van der Waals surface area contributed by atoms with Gasteiger partial charge in [0.05, 0.1) is 0 Å². The Morgan fingerprint density at radius 3 is 2.65 bits per heavy atom. The summed E-state index contributed by atoms with van der Waals surface area (Å²) in [5, 5.41) is 1.38. The van der Waals surface area contributed by atoms with Crippen LogP contribution in [0.2, 0.25) is 0 Å². The Hall–Kier alpha value is -1.32. The molecule has 1 aromatic heterocycles. The van der Waals surface area contributed by atoms with E-state index in [-0.39, 0.29) is 11.4 Å². The van der Waals surface area contributed by atoms with E-state index in [1.165, 1.54) is 11.3 Å². The molecule has 0 saturated carbocycles. The molecule has 2 aromatic carbocycles. The quantitative estimate of drug-likeness (QED) is 0.399. The van der Waals surface area contributed by atoms with Gasteiger partial charge in [0.15, 0.2) is 0 Å². The first-order valence-corrected chi connectivity index (χ1v) is 8.17. The van der Waals surface area contributed by atoms with Crippen LogP contribution in [0.1, 0.15) is 15.9 Å². The van der Waals surface area contributed by atoms with Crippen LogP contribution in [0.25, 0.3) is 20.2 Å². The first-order chi connectivity index (χ1) is 9.60. The van der Waals surface area contributed by atoms with E-state index in [9.17, 15) is 9.59 Å². The van der Waals surface area contributed by atoms with Gasteiger partial charge in [-0.2, -0.15) is 0 Å². The van der Waals surface area contributed by atoms with Gasteiger partial charge in [-0.1, -0.05) is 0 Å². The third kappa shape index (κ3) is 2.25. The van der Waals surface area contributed by atoms with Crippen LogP contribution in [0.4, 0.5) is 0 Å². The average molecular weight is 478 g/mol. The predicted molar refractivity (Wildman–Crippen MR) is 81.5 cm³/mol. The summed E-state index contributed by atoms with van der Waals surface area (Å²) in [7, 11) is 0. The molecule has 3 rings (SSSR count). The van der Waals surface area contributed by atoms with Crippen LogP contribution in [0, 0.1) is 6.92 Å². The van der Waals surface area contributed by atoms with Crippen LogP contribution in [0.3, 0.4) is 0 Å². The Morgan fingerprint density at radius 1 is 1.10 bits per heavy atom. The Balaban J connectivity index is 2.38. The number of aryl methyl sites for hydroxylation is 1. The van der Waals surface area contributed by atoms with Crippen molar-refractivity contribution in [2.75, 3.05) is 0 Å². The fourth-order valence-electron chi connectivity index (χ4n) is 2.15. The van der Waals surface area contributed by atoms with E-state index in [0.29, 0.717) is 36.1 Å². The molecule has 0 aliphatic rings. The number of benzene rings is 2. The van der Waals surface area contributed by atoms with Gasteiger partial charge in [-0.3, -0.25) is 0 Å². The molecule has 0 unspecified atom stereocenters. The standard InChI is InChI=1S/C15H10O3S.Bi/c1-8-2-5-12-11(6-8)14(16)10-4-3-9(15(17)18)7-13(10)19-12;/h2-7H,1H3,(H,17,18);/q;+1/p-1. The SMILES string of the molecule is Cc1ccc2sc3cc(C(=O)[O][Bi])ccc3c(=O)c2c1. The third-order valence-electron chi connectivity index (χ3n) is 3.14. The van der Waals surface area contributed by atoms with Crippen LogP contribution >= 0.6 is 11.3 Å². The van der Waals surface area contributed by atoms with Crippen molar-refractivity contribution < 1.29 is 7.61 Å². The second-order valence-corrected chi connectivity index (χ2v) is 6.31. The summed E-state index contributed by atoms with van der Waals surface area (Å²) >= 11 is 2.08. The molecule has 0 aliphatic carbocycles. The summed E-state index contributed by atoms with van der Waals surface area (Å²) < 4.78 is 6.56. The second-order valence-electron chi connectivity index (χ2n) is 4.52. The van der Waals surface area contributed by atoms with E-state index in [1.54, 1.807) is 18.2 Å². The van der Waals surface area contributed by atoms with Gasteiger partial charge in [0.2, 0.25) is 0 Å². The number of hydrogen-bond acceptors (Lipinski definition) is 4. The number of hydrogen-bond donors (Lipinski definition) is 0. The molecule has 2 radical (unpaired) electrons. The van der Waals surface area contributed by atoms with Crippen LogP contribution < -0.4 is 5.43 Å². The third-order valence-corrected chi connectivity index (χ3v) is 4.92. The van der Waals surface area contributed by atoms with Crippen molar-refractivity contribution in [2.24, 2.45) is 0 Å². The number of rotatable bonds is 1. The van der Waals surface area contributed by atoms with Crippen molar-refractivity contribution in [3.63, 3.8) is 0 Å². The van der Waals surface area contributed by atoms with Gasteiger partial charge in [0.1, 0.15) is 0 Å². The fraction of sp³-hybridized carbons (Fsp3) is 0.0667. The zero-order valence-electron chi connectivity index (χ0n) is 10.5. The topological polar surface area (TPSA) is 43.4 Å². The molecule has 0 atom stereocenters. The minimum atomic E-state index is -0.344. The van der Waals surface area contributed by atoms with E-state index in [4.69, 9.17) is 2.81 Å². The maximum absolute atomic E-state index is 12.5. The summed E-state index contributed by atoms with van der Waals surface area (Å²) in [5.41, 5.74) is 1.57. The molecule has 0 N–H and O–H groups in total. The second kappa shape index (κ2) is 5.23. The number of carbonyl (C=O) groups is 1. The molecule has 0 saturated heterocycles. The summed E-state index contributed by atoms with van der Waals surface area (Å²) in [4.78, 5) is 24.1. The normalized spacial score (nSPS) is 10.9. The van der Waals surface area contributed by atoms with Gasteiger partial charge in [-0.25, -0.2) is 0 Å². The molecule has 1 heterocycles. The van der Waals surface area contributed by atoms with Crippen molar-refractivity contribution in [3.05, 3.63) is 57.7 Å². The van der Waals surface area contributed by atoms with Gasteiger partial charge < -0.3 is 0 Å². The molecular weight excluding hydrogens is 469 g/mol. The molecule has 5 heteroatoms. The van der Waals surface area contributed by atoms with Crippen LogP contribution in [-0.2, 0) is 2.81 Å². The van der Waals surface area contributed by atoms with Gasteiger partial charge in [-0.15, -0.1) is 0 Å². The molecular formula is C15H9BiO3S. The molecule has 0 amide bonds. The molecule has 0 bridgehead atoms. The molecule has 0 aliphatic heterocycles. The van der Waals surface area contributed by atoms with E-state index in [1.807, 2.05) is 25.1 Å². The molecule has 20 heavy (non-hydrogen) atoms. The Labute approximate surface area is 134 Å². The fourth-order valence-corrected chi connectivity index (χ4v) is 3.65. The van der Waals surface area contributed by atoms with Crippen molar-refractivity contribution in [1.82, 2.24) is 0 Å². The molecule has 0 spiro atoms. The first kappa shape index (κ1) is 13.7. The average Bonchev–Trinajstić information content (AvgIpc) is 2.47. The van der Waals surface area contributed by atoms with Crippen molar-refractivity contribution >= 4 is 62.6 Å². The van der Waals surface area contributed by atoms with Gasteiger partial charge in [-0.05, 0) is 0 Å². The summed E-state index contributed by atoms with van der Waals surface area (Å²) in [6.45, 7) is 1.97. The van der Waals surface area contributed by atoms with E-state index < -0.39 is 0 Å². The summed E-state index contributed by atoms with van der Waals surface area (Å²) in [6, 6.07) is 10.9. The Bertz CT molecular complexity index is 899. The van der Waals surface area contributed by atoms with Gasteiger partial charge in [0.25, 0.3) is 0 Å². The van der Waals surface area contributed by atoms with Crippen molar-refractivity contribution in [1.29, 1.82) is 0 Å². The van der Waals surface area contributed by atoms with Gasteiger partial charge >= 0.3 is 135 Å². The van der Waals surface area contributed by atoms with Crippen molar-refractivity contribution in [3.8, 4) is 0 Å².